The monoisotopic (exact) mass is 593 g/mol. The number of imidazole rings is 1. The fraction of sp³-hybridized carbons (Fsp3) is 0.267. The molecule has 13 heteroatoms. The molecule has 10 nitrogen and oxygen atoms in total. The summed E-state index contributed by atoms with van der Waals surface area (Å²) in [6, 6.07) is 17.5. The third-order valence-corrected chi connectivity index (χ3v) is 7.73. The molecular weight excluding hydrogens is 567 g/mol. The van der Waals surface area contributed by atoms with E-state index in [1.54, 1.807) is 30.3 Å². The van der Waals surface area contributed by atoms with E-state index in [1.807, 2.05) is 6.07 Å². The number of piperidine rings is 1. The molecule has 0 saturated carbocycles. The molecule has 0 aliphatic carbocycles. The molecule has 4 aromatic rings. The third kappa shape index (κ3) is 4.95. The van der Waals surface area contributed by atoms with Crippen molar-refractivity contribution in [3.63, 3.8) is 0 Å². The number of hydrogen-bond acceptors (Lipinski definition) is 7. The lowest BCUT2D eigenvalue weighted by molar-refractivity contribution is -0.211. The van der Waals surface area contributed by atoms with Crippen LogP contribution in [0.3, 0.4) is 0 Å². The first kappa shape index (κ1) is 28.2. The number of alkyl halides is 3. The standard InChI is InChI=1S/C30H26F3N5O5/c1-42-28(41)37-27-35-23-10-9-19(16-24(23)36-27)29(43-26(40)30(31,32)33)22-8-3-2-7-21(22)25(39)38(29)20-6-4-5-18(15-20)17-11-13-34-14-12-17/h2-10,15-17,34H,11-14H2,1H3,(H2,35,36,37,41). The molecule has 0 spiro atoms. The molecule has 1 saturated heterocycles. The average Bonchev–Trinajstić information content (AvgIpc) is 3.52. The van der Waals surface area contributed by atoms with Crippen LogP contribution in [-0.4, -0.2) is 54.3 Å². The molecule has 3 aromatic carbocycles. The van der Waals surface area contributed by atoms with Gasteiger partial charge >= 0.3 is 18.2 Å². The number of fused-ring (bicyclic) bond motifs is 2. The summed E-state index contributed by atoms with van der Waals surface area (Å²) in [6.45, 7) is 1.63. The Morgan fingerprint density at radius 1 is 1.05 bits per heavy atom. The second-order valence-corrected chi connectivity index (χ2v) is 10.3. The van der Waals surface area contributed by atoms with Gasteiger partial charge in [0.1, 0.15) is 0 Å². The second kappa shape index (κ2) is 10.7. The number of aromatic nitrogens is 2. The van der Waals surface area contributed by atoms with E-state index < -0.39 is 29.9 Å². The number of rotatable bonds is 5. The number of benzene rings is 3. The van der Waals surface area contributed by atoms with Crippen LogP contribution in [0.4, 0.5) is 29.6 Å². The number of carbonyl (C=O) groups is 3. The Balaban J connectivity index is 1.57. The third-order valence-electron chi connectivity index (χ3n) is 7.73. The topological polar surface area (TPSA) is 126 Å². The summed E-state index contributed by atoms with van der Waals surface area (Å²) in [5, 5.41) is 5.70. The Morgan fingerprint density at radius 2 is 1.81 bits per heavy atom. The van der Waals surface area contributed by atoms with E-state index in [9.17, 15) is 27.6 Å². The largest absolute Gasteiger partial charge is 0.491 e. The first-order valence-electron chi connectivity index (χ1n) is 13.5. The number of anilines is 2. The summed E-state index contributed by atoms with van der Waals surface area (Å²) in [6.07, 6.45) is -4.44. The summed E-state index contributed by atoms with van der Waals surface area (Å²) in [4.78, 5) is 46.7. The normalized spacial score (nSPS) is 18.9. The Labute approximate surface area is 243 Å². The van der Waals surface area contributed by atoms with Crippen molar-refractivity contribution in [3.05, 3.63) is 89.0 Å². The summed E-state index contributed by atoms with van der Waals surface area (Å²) in [5.74, 6) is -2.90. The minimum atomic E-state index is -5.36. The van der Waals surface area contributed by atoms with E-state index in [1.165, 1.54) is 37.4 Å². The molecule has 2 aliphatic heterocycles. The highest BCUT2D eigenvalue weighted by Crippen LogP contribution is 2.49. The van der Waals surface area contributed by atoms with Gasteiger partial charge in [-0.2, -0.15) is 13.2 Å². The quantitative estimate of drug-likeness (QED) is 0.273. The summed E-state index contributed by atoms with van der Waals surface area (Å²) in [7, 11) is 1.18. The Kier molecular flexibility index (Phi) is 7.04. The van der Waals surface area contributed by atoms with Gasteiger partial charge in [-0.15, -0.1) is 0 Å². The molecule has 0 bridgehead atoms. The number of methoxy groups -OCH3 is 1. The van der Waals surface area contributed by atoms with Crippen molar-refractivity contribution in [1.29, 1.82) is 0 Å². The zero-order valence-electron chi connectivity index (χ0n) is 22.8. The van der Waals surface area contributed by atoms with Crippen LogP contribution < -0.4 is 15.5 Å². The molecule has 222 valence electrons. The SMILES string of the molecule is COC(=O)Nc1nc2ccc(C3(OC(=O)C(F)(F)F)c4ccccc4C(=O)N3c3cccc(C4CCNCC4)c3)cc2[nH]1. The van der Waals surface area contributed by atoms with Crippen LogP contribution in [0.25, 0.3) is 11.0 Å². The van der Waals surface area contributed by atoms with Gasteiger partial charge in [0.25, 0.3) is 5.91 Å². The maximum Gasteiger partial charge on any atom is 0.491 e. The highest BCUT2D eigenvalue weighted by molar-refractivity contribution is 6.13. The lowest BCUT2D eigenvalue weighted by atomic mass is 9.89. The Bertz CT molecular complexity index is 1730. The van der Waals surface area contributed by atoms with Crippen LogP contribution in [0.15, 0.2) is 66.7 Å². The predicted octanol–water partition coefficient (Wildman–Crippen LogP) is 5.18. The molecule has 0 radical (unpaired) electrons. The van der Waals surface area contributed by atoms with Gasteiger partial charge in [0, 0.05) is 22.4 Å². The van der Waals surface area contributed by atoms with Crippen LogP contribution in [0, 0.1) is 0 Å². The zero-order valence-corrected chi connectivity index (χ0v) is 22.8. The molecule has 1 unspecified atom stereocenters. The zero-order chi connectivity index (χ0) is 30.4. The van der Waals surface area contributed by atoms with E-state index in [0.717, 1.165) is 36.4 Å². The molecule has 2 amide bonds. The highest BCUT2D eigenvalue weighted by atomic mass is 19.4. The van der Waals surface area contributed by atoms with Crippen molar-refractivity contribution < 1.29 is 37.0 Å². The van der Waals surface area contributed by atoms with Gasteiger partial charge in [0.2, 0.25) is 11.7 Å². The van der Waals surface area contributed by atoms with E-state index >= 15 is 0 Å². The summed E-state index contributed by atoms with van der Waals surface area (Å²) in [5.41, 5.74) is -0.291. The molecule has 1 atom stereocenters. The molecule has 3 heterocycles. The van der Waals surface area contributed by atoms with Crippen LogP contribution in [-0.2, 0) is 20.0 Å². The molecule has 6 rings (SSSR count). The van der Waals surface area contributed by atoms with E-state index in [-0.39, 0.29) is 34.2 Å². The Morgan fingerprint density at radius 3 is 2.56 bits per heavy atom. The van der Waals surface area contributed by atoms with Crippen molar-refractivity contribution in [2.75, 3.05) is 30.4 Å². The van der Waals surface area contributed by atoms with Crippen LogP contribution in [0.5, 0.6) is 0 Å². The van der Waals surface area contributed by atoms with Gasteiger partial charge in [-0.05, 0) is 67.7 Å². The van der Waals surface area contributed by atoms with Gasteiger partial charge < -0.3 is 19.8 Å². The molecule has 1 fully saturated rings. The number of nitrogens with zero attached hydrogens (tertiary/aromatic N) is 2. The molecule has 3 N–H and O–H groups in total. The van der Waals surface area contributed by atoms with Crippen molar-refractivity contribution in [2.45, 2.75) is 30.7 Å². The maximum atomic E-state index is 14.1. The van der Waals surface area contributed by atoms with Crippen LogP contribution >= 0.6 is 0 Å². The van der Waals surface area contributed by atoms with Crippen molar-refractivity contribution >= 4 is 40.6 Å². The minimum absolute atomic E-state index is 0.0229. The van der Waals surface area contributed by atoms with E-state index in [2.05, 4.69) is 25.3 Å². The number of carbonyl (C=O) groups excluding carboxylic acids is 3. The van der Waals surface area contributed by atoms with Crippen molar-refractivity contribution in [3.8, 4) is 0 Å². The lowest BCUT2D eigenvalue weighted by Crippen LogP contribution is -2.50. The van der Waals surface area contributed by atoms with Gasteiger partial charge in [-0.1, -0.05) is 36.4 Å². The smallest absolute Gasteiger partial charge is 0.453 e. The molecule has 43 heavy (non-hydrogen) atoms. The number of esters is 1. The van der Waals surface area contributed by atoms with Gasteiger partial charge in [0.05, 0.1) is 18.1 Å². The number of ether oxygens (including phenoxy) is 2. The molecule has 2 aliphatic rings. The fourth-order valence-corrected chi connectivity index (χ4v) is 5.78. The number of halogens is 3. The Hall–Kier alpha value is -4.91. The van der Waals surface area contributed by atoms with Crippen LogP contribution in [0.2, 0.25) is 0 Å². The predicted molar refractivity (Wildman–Crippen MR) is 150 cm³/mol. The first-order valence-corrected chi connectivity index (χ1v) is 13.5. The number of H-pyrrole nitrogens is 1. The first-order chi connectivity index (χ1) is 20.6. The second-order valence-electron chi connectivity index (χ2n) is 10.3. The number of aromatic amines is 1. The van der Waals surface area contributed by atoms with E-state index in [0.29, 0.717) is 11.0 Å². The lowest BCUT2D eigenvalue weighted by Gasteiger charge is -2.39. The van der Waals surface area contributed by atoms with Crippen molar-refractivity contribution in [2.24, 2.45) is 0 Å². The van der Waals surface area contributed by atoms with Gasteiger partial charge in [-0.3, -0.25) is 15.0 Å². The number of amides is 2. The van der Waals surface area contributed by atoms with Crippen molar-refractivity contribution in [1.82, 2.24) is 15.3 Å². The minimum Gasteiger partial charge on any atom is -0.453 e. The summed E-state index contributed by atoms with van der Waals surface area (Å²) < 4.78 is 51.6. The average molecular weight is 594 g/mol. The number of hydrogen-bond donors (Lipinski definition) is 3. The highest BCUT2D eigenvalue weighted by Gasteiger charge is 2.58. The molecule has 1 aromatic heterocycles. The fourth-order valence-electron chi connectivity index (χ4n) is 5.78. The number of nitrogens with one attached hydrogen (secondary N) is 3. The van der Waals surface area contributed by atoms with Gasteiger partial charge in [-0.25, -0.2) is 14.6 Å². The van der Waals surface area contributed by atoms with Crippen LogP contribution in [0.1, 0.15) is 45.8 Å². The maximum absolute atomic E-state index is 14.1. The molecular formula is C30H26F3N5O5. The van der Waals surface area contributed by atoms with E-state index in [4.69, 9.17) is 4.74 Å². The van der Waals surface area contributed by atoms with Gasteiger partial charge in [0.15, 0.2) is 0 Å². The summed E-state index contributed by atoms with van der Waals surface area (Å²) >= 11 is 0.